The fraction of sp³-hybridized carbons (Fsp3) is 0.238. The molecule has 7 heteroatoms. The number of rotatable bonds is 6. The molecule has 2 heterocycles. The maximum atomic E-state index is 12.6. The molecular weight excluding hydrogens is 370 g/mol. The van der Waals surface area contributed by atoms with Crippen molar-refractivity contribution in [2.75, 3.05) is 5.32 Å². The third kappa shape index (κ3) is 4.18. The van der Waals surface area contributed by atoms with Crippen molar-refractivity contribution in [3.63, 3.8) is 0 Å². The van der Waals surface area contributed by atoms with Gasteiger partial charge >= 0.3 is 0 Å². The molecule has 28 heavy (non-hydrogen) atoms. The number of aryl methyl sites for hydroxylation is 1. The van der Waals surface area contributed by atoms with Crippen molar-refractivity contribution in [3.8, 4) is 16.6 Å². The van der Waals surface area contributed by atoms with E-state index in [1.54, 1.807) is 6.08 Å². The summed E-state index contributed by atoms with van der Waals surface area (Å²) < 4.78 is 2.19. The molecule has 0 saturated carbocycles. The zero-order valence-corrected chi connectivity index (χ0v) is 16.9. The van der Waals surface area contributed by atoms with E-state index < -0.39 is 5.91 Å². The summed E-state index contributed by atoms with van der Waals surface area (Å²) in [7, 11) is 0. The summed E-state index contributed by atoms with van der Waals surface area (Å²) in [6, 6.07) is 13.6. The number of carbonyl (C=O) groups excluding carboxylic acids is 1. The smallest absolute Gasteiger partial charge is 0.268 e. The summed E-state index contributed by atoms with van der Waals surface area (Å²) in [6.07, 6.45) is 2.65. The number of hydrogen-bond acceptors (Lipinski definition) is 5. The SMILES string of the molecule is CCCn1c(C)cc(/C=C(/C#N)C(=O)Nc2nnc(-c3ccccc3)s2)c1C. The molecule has 0 spiro atoms. The fourth-order valence-electron chi connectivity index (χ4n) is 2.98. The quantitative estimate of drug-likeness (QED) is 0.492. The second-order valence-electron chi connectivity index (χ2n) is 6.38. The Kier molecular flexibility index (Phi) is 6.02. The van der Waals surface area contributed by atoms with Gasteiger partial charge in [-0.1, -0.05) is 48.6 Å². The Labute approximate surface area is 168 Å². The highest BCUT2D eigenvalue weighted by Gasteiger charge is 2.15. The second kappa shape index (κ2) is 8.63. The van der Waals surface area contributed by atoms with Gasteiger partial charge in [0.15, 0.2) is 0 Å². The van der Waals surface area contributed by atoms with Gasteiger partial charge in [-0.2, -0.15) is 5.26 Å². The monoisotopic (exact) mass is 391 g/mol. The predicted molar refractivity (Wildman–Crippen MR) is 112 cm³/mol. The van der Waals surface area contributed by atoms with E-state index in [1.165, 1.54) is 11.3 Å². The Morgan fingerprint density at radius 2 is 2.04 bits per heavy atom. The van der Waals surface area contributed by atoms with E-state index in [1.807, 2.05) is 56.3 Å². The standard InChI is InChI=1S/C21H21N5OS/c1-4-10-26-14(2)11-17(15(26)3)12-18(13-22)19(27)23-21-25-24-20(28-21)16-8-6-5-7-9-16/h5-9,11-12H,4,10H2,1-3H3,(H,23,25,27)/b18-12-. The van der Waals surface area contributed by atoms with Gasteiger partial charge in [-0.25, -0.2) is 0 Å². The van der Waals surface area contributed by atoms with E-state index in [-0.39, 0.29) is 5.57 Å². The molecule has 0 radical (unpaired) electrons. The lowest BCUT2D eigenvalue weighted by Crippen LogP contribution is -2.13. The number of amides is 1. The van der Waals surface area contributed by atoms with Crippen LogP contribution < -0.4 is 5.32 Å². The third-order valence-corrected chi connectivity index (χ3v) is 5.28. The van der Waals surface area contributed by atoms with Crippen molar-refractivity contribution in [3.05, 3.63) is 58.9 Å². The Morgan fingerprint density at radius 3 is 2.71 bits per heavy atom. The normalized spacial score (nSPS) is 11.3. The lowest BCUT2D eigenvalue weighted by molar-refractivity contribution is -0.112. The predicted octanol–water partition coefficient (Wildman–Crippen LogP) is 4.58. The van der Waals surface area contributed by atoms with E-state index in [4.69, 9.17) is 0 Å². The molecule has 0 fully saturated rings. The van der Waals surface area contributed by atoms with Crippen LogP contribution >= 0.6 is 11.3 Å². The third-order valence-electron chi connectivity index (χ3n) is 4.39. The average Bonchev–Trinajstić information content (AvgIpc) is 3.27. The van der Waals surface area contributed by atoms with Gasteiger partial charge in [0.05, 0.1) is 0 Å². The van der Waals surface area contributed by atoms with Crippen molar-refractivity contribution in [1.29, 1.82) is 5.26 Å². The molecule has 3 rings (SSSR count). The summed E-state index contributed by atoms with van der Waals surface area (Å²) in [6.45, 7) is 7.05. The van der Waals surface area contributed by atoms with Crippen LogP contribution in [0.1, 0.15) is 30.3 Å². The van der Waals surface area contributed by atoms with Crippen molar-refractivity contribution in [2.45, 2.75) is 33.7 Å². The summed E-state index contributed by atoms with van der Waals surface area (Å²) in [4.78, 5) is 12.6. The number of carbonyl (C=O) groups is 1. The van der Waals surface area contributed by atoms with Gasteiger partial charge in [0.25, 0.3) is 5.91 Å². The number of anilines is 1. The van der Waals surface area contributed by atoms with Crippen molar-refractivity contribution in [1.82, 2.24) is 14.8 Å². The molecule has 0 aliphatic carbocycles. The maximum absolute atomic E-state index is 12.6. The molecule has 0 bridgehead atoms. The summed E-state index contributed by atoms with van der Waals surface area (Å²) >= 11 is 1.27. The van der Waals surface area contributed by atoms with Crippen LogP contribution in [-0.4, -0.2) is 20.7 Å². The van der Waals surface area contributed by atoms with Crippen LogP contribution in [0.25, 0.3) is 16.6 Å². The highest BCUT2D eigenvalue weighted by Crippen LogP contribution is 2.26. The first-order chi connectivity index (χ1) is 13.5. The van der Waals surface area contributed by atoms with Gasteiger partial charge in [0, 0.05) is 23.5 Å². The topological polar surface area (TPSA) is 83.6 Å². The summed E-state index contributed by atoms with van der Waals surface area (Å²) in [5.41, 5.74) is 4.00. The van der Waals surface area contributed by atoms with Gasteiger partial charge in [0.1, 0.15) is 16.6 Å². The van der Waals surface area contributed by atoms with Gasteiger partial charge in [-0.05, 0) is 38.0 Å². The zero-order chi connectivity index (χ0) is 20.1. The highest BCUT2D eigenvalue weighted by molar-refractivity contribution is 7.18. The molecule has 0 aliphatic rings. The molecule has 2 aromatic heterocycles. The van der Waals surface area contributed by atoms with Crippen LogP contribution in [0.5, 0.6) is 0 Å². The molecule has 0 atom stereocenters. The lowest BCUT2D eigenvalue weighted by atomic mass is 10.1. The first-order valence-corrected chi connectivity index (χ1v) is 9.84. The average molecular weight is 392 g/mol. The molecule has 1 amide bonds. The molecule has 142 valence electrons. The summed E-state index contributed by atoms with van der Waals surface area (Å²) in [5, 5.41) is 21.3. The molecule has 0 saturated heterocycles. The van der Waals surface area contributed by atoms with E-state index in [0.29, 0.717) is 10.1 Å². The number of nitrogens with zero attached hydrogens (tertiary/aromatic N) is 4. The molecule has 1 N–H and O–H groups in total. The first-order valence-electron chi connectivity index (χ1n) is 9.02. The van der Waals surface area contributed by atoms with Gasteiger partial charge < -0.3 is 4.57 Å². The van der Waals surface area contributed by atoms with Crippen LogP contribution in [0.2, 0.25) is 0 Å². The minimum absolute atomic E-state index is 0.0354. The van der Waals surface area contributed by atoms with Gasteiger partial charge in [-0.3, -0.25) is 10.1 Å². The fourth-order valence-corrected chi connectivity index (χ4v) is 3.73. The van der Waals surface area contributed by atoms with Gasteiger partial charge in [0.2, 0.25) is 5.13 Å². The minimum atomic E-state index is -0.487. The van der Waals surface area contributed by atoms with Crippen LogP contribution in [0.4, 0.5) is 5.13 Å². The van der Waals surface area contributed by atoms with E-state index in [9.17, 15) is 10.1 Å². The lowest BCUT2D eigenvalue weighted by Gasteiger charge is -2.07. The number of benzene rings is 1. The highest BCUT2D eigenvalue weighted by atomic mass is 32.1. The Hall–Kier alpha value is -3.24. The largest absolute Gasteiger partial charge is 0.349 e. The molecular formula is C21H21N5OS. The van der Waals surface area contributed by atoms with Crippen LogP contribution in [0.3, 0.4) is 0 Å². The Bertz CT molecular complexity index is 1060. The zero-order valence-electron chi connectivity index (χ0n) is 16.1. The van der Waals surface area contributed by atoms with Crippen molar-refractivity contribution in [2.24, 2.45) is 0 Å². The van der Waals surface area contributed by atoms with E-state index in [2.05, 4.69) is 27.0 Å². The van der Waals surface area contributed by atoms with Crippen molar-refractivity contribution < 1.29 is 4.79 Å². The molecule has 3 aromatic rings. The van der Waals surface area contributed by atoms with Crippen molar-refractivity contribution >= 4 is 28.5 Å². The van der Waals surface area contributed by atoms with E-state index in [0.717, 1.165) is 35.5 Å². The molecule has 0 aliphatic heterocycles. The van der Waals surface area contributed by atoms with Crippen LogP contribution in [0, 0.1) is 25.2 Å². The first kappa shape index (κ1) is 19.5. The Morgan fingerprint density at radius 1 is 1.29 bits per heavy atom. The van der Waals surface area contributed by atoms with Crippen LogP contribution in [-0.2, 0) is 11.3 Å². The Balaban J connectivity index is 1.80. The maximum Gasteiger partial charge on any atom is 0.268 e. The van der Waals surface area contributed by atoms with E-state index >= 15 is 0 Å². The molecule has 0 unspecified atom stereocenters. The summed E-state index contributed by atoms with van der Waals surface area (Å²) in [5.74, 6) is -0.487. The van der Waals surface area contributed by atoms with Crippen LogP contribution in [0.15, 0.2) is 42.0 Å². The minimum Gasteiger partial charge on any atom is -0.349 e. The molecule has 1 aromatic carbocycles. The number of nitrogens with one attached hydrogen (secondary N) is 1. The molecule has 6 nitrogen and oxygen atoms in total. The number of nitriles is 1. The second-order valence-corrected chi connectivity index (χ2v) is 7.36. The number of aromatic nitrogens is 3. The number of hydrogen-bond donors (Lipinski definition) is 1. The van der Waals surface area contributed by atoms with Gasteiger partial charge in [-0.15, -0.1) is 10.2 Å².